The maximum absolute atomic E-state index is 13.0. The lowest BCUT2D eigenvalue weighted by Crippen LogP contribution is -2.14. The van der Waals surface area contributed by atoms with E-state index in [2.05, 4.69) is 9.71 Å². The summed E-state index contributed by atoms with van der Waals surface area (Å²) in [6, 6.07) is 15.0. The van der Waals surface area contributed by atoms with Gasteiger partial charge < -0.3 is 9.15 Å². The van der Waals surface area contributed by atoms with Gasteiger partial charge >= 0.3 is 5.76 Å². The second-order valence-electron chi connectivity index (χ2n) is 6.60. The Morgan fingerprint density at radius 1 is 1.04 bits per heavy atom. The first-order chi connectivity index (χ1) is 13.3. The molecule has 7 nitrogen and oxygen atoms in total. The van der Waals surface area contributed by atoms with Gasteiger partial charge in [-0.2, -0.15) is 0 Å². The Balaban J connectivity index is 1.78. The maximum Gasteiger partial charge on any atom is 0.417 e. The highest BCUT2D eigenvalue weighted by molar-refractivity contribution is 7.93. The van der Waals surface area contributed by atoms with E-state index in [0.717, 1.165) is 0 Å². The van der Waals surface area contributed by atoms with Crippen molar-refractivity contribution in [3.05, 3.63) is 65.1 Å². The van der Waals surface area contributed by atoms with Gasteiger partial charge in [0.05, 0.1) is 22.2 Å². The molecule has 0 aliphatic carbocycles. The number of rotatable bonds is 5. The summed E-state index contributed by atoms with van der Waals surface area (Å²) in [5.74, 6) is 0.0312. The third-order valence-corrected chi connectivity index (χ3v) is 5.61. The monoisotopic (exact) mass is 398 g/mol. The number of oxazole rings is 1. The normalized spacial score (nSPS) is 12.0. The topological polar surface area (TPSA) is 101 Å². The lowest BCUT2D eigenvalue weighted by Gasteiger charge is -2.15. The van der Waals surface area contributed by atoms with Crippen LogP contribution < -0.4 is 15.2 Å². The zero-order valence-electron chi connectivity index (χ0n) is 15.2. The number of sulfonamides is 1. The molecule has 4 aromatic rings. The molecule has 1 aromatic heterocycles. The minimum absolute atomic E-state index is 0.0344. The molecule has 0 aliphatic heterocycles. The second-order valence-corrected chi connectivity index (χ2v) is 8.26. The fourth-order valence-electron chi connectivity index (χ4n) is 3.06. The standard InChI is InChI=1S/C20H18N2O5S/c1-12(2)26-17-9-10-19(15-6-4-3-5-14(15)17)28(24,25)22-13-7-8-18-16(11-13)21-20(23)27-18/h3-12,22H,1-2H3,(H,21,23). The molecular weight excluding hydrogens is 380 g/mol. The van der Waals surface area contributed by atoms with Gasteiger partial charge in [-0.1, -0.05) is 24.3 Å². The Morgan fingerprint density at radius 3 is 2.54 bits per heavy atom. The summed E-state index contributed by atoms with van der Waals surface area (Å²) in [5.41, 5.74) is 1.08. The molecule has 28 heavy (non-hydrogen) atoms. The van der Waals surface area contributed by atoms with E-state index in [1.165, 1.54) is 24.3 Å². The predicted octanol–water partition coefficient (Wildman–Crippen LogP) is 3.86. The van der Waals surface area contributed by atoms with Gasteiger partial charge in [0.25, 0.3) is 10.0 Å². The van der Waals surface area contributed by atoms with Crippen molar-refractivity contribution in [3.8, 4) is 5.75 Å². The fourth-order valence-corrected chi connectivity index (χ4v) is 4.32. The van der Waals surface area contributed by atoms with Crippen LogP contribution in [0.2, 0.25) is 0 Å². The minimum atomic E-state index is -3.88. The molecule has 1 heterocycles. The SMILES string of the molecule is CC(C)Oc1ccc(S(=O)(=O)Nc2ccc3oc(=O)[nH]c3c2)c2ccccc12. The van der Waals surface area contributed by atoms with Gasteiger partial charge in [0, 0.05) is 10.8 Å². The maximum atomic E-state index is 13.0. The van der Waals surface area contributed by atoms with Crippen LogP contribution in [0.25, 0.3) is 21.9 Å². The quantitative estimate of drug-likeness (QED) is 0.531. The van der Waals surface area contributed by atoms with Gasteiger partial charge in [-0.25, -0.2) is 13.2 Å². The van der Waals surface area contributed by atoms with E-state index < -0.39 is 15.8 Å². The van der Waals surface area contributed by atoms with Crippen molar-refractivity contribution in [1.29, 1.82) is 0 Å². The molecule has 8 heteroatoms. The highest BCUT2D eigenvalue weighted by Crippen LogP contribution is 2.32. The van der Waals surface area contributed by atoms with Crippen LogP contribution in [0.4, 0.5) is 5.69 Å². The number of aromatic amines is 1. The number of anilines is 1. The first-order valence-corrected chi connectivity index (χ1v) is 10.2. The van der Waals surface area contributed by atoms with Gasteiger partial charge in [0.15, 0.2) is 5.58 Å². The average molecular weight is 398 g/mol. The number of hydrogen-bond donors (Lipinski definition) is 2. The summed E-state index contributed by atoms with van der Waals surface area (Å²) in [5, 5.41) is 1.28. The minimum Gasteiger partial charge on any atom is -0.490 e. The van der Waals surface area contributed by atoms with Crippen molar-refractivity contribution < 1.29 is 17.6 Å². The molecule has 0 spiro atoms. The van der Waals surface area contributed by atoms with Gasteiger partial charge in [0.2, 0.25) is 0 Å². The molecule has 0 unspecified atom stereocenters. The van der Waals surface area contributed by atoms with Crippen LogP contribution in [0.5, 0.6) is 5.75 Å². The van der Waals surface area contributed by atoms with E-state index in [1.807, 2.05) is 26.0 Å². The molecule has 0 radical (unpaired) electrons. The van der Waals surface area contributed by atoms with Crippen LogP contribution in [0.3, 0.4) is 0 Å². The molecule has 0 fully saturated rings. The Hall–Kier alpha value is -3.26. The summed E-state index contributed by atoms with van der Waals surface area (Å²) >= 11 is 0. The van der Waals surface area contributed by atoms with Crippen LogP contribution in [-0.2, 0) is 10.0 Å². The first kappa shape index (κ1) is 18.1. The number of ether oxygens (including phenoxy) is 1. The third-order valence-electron chi connectivity index (χ3n) is 4.17. The summed E-state index contributed by atoms with van der Waals surface area (Å²) in [7, 11) is -3.88. The van der Waals surface area contributed by atoms with Crippen molar-refractivity contribution >= 4 is 37.6 Å². The number of hydrogen-bond acceptors (Lipinski definition) is 5. The van der Waals surface area contributed by atoms with E-state index in [4.69, 9.17) is 9.15 Å². The van der Waals surface area contributed by atoms with E-state index in [1.54, 1.807) is 18.2 Å². The third kappa shape index (κ3) is 3.34. The zero-order valence-corrected chi connectivity index (χ0v) is 16.0. The van der Waals surface area contributed by atoms with E-state index in [9.17, 15) is 13.2 Å². The lowest BCUT2D eigenvalue weighted by atomic mass is 10.1. The second kappa shape index (κ2) is 6.72. The molecule has 0 saturated carbocycles. The molecule has 2 N–H and O–H groups in total. The molecule has 144 valence electrons. The first-order valence-electron chi connectivity index (χ1n) is 8.67. The van der Waals surface area contributed by atoms with Crippen LogP contribution in [0.1, 0.15) is 13.8 Å². The van der Waals surface area contributed by atoms with Crippen molar-refractivity contribution in [2.75, 3.05) is 4.72 Å². The predicted molar refractivity (Wildman–Crippen MR) is 107 cm³/mol. The number of H-pyrrole nitrogens is 1. The van der Waals surface area contributed by atoms with Crippen LogP contribution >= 0.6 is 0 Å². The van der Waals surface area contributed by atoms with Crippen molar-refractivity contribution in [1.82, 2.24) is 4.98 Å². The lowest BCUT2D eigenvalue weighted by molar-refractivity contribution is 0.245. The average Bonchev–Trinajstić information content (AvgIpc) is 3.00. The molecule has 0 aliphatic rings. The molecular formula is C20H18N2O5S. The largest absolute Gasteiger partial charge is 0.490 e. The number of aromatic nitrogens is 1. The Bertz CT molecular complexity index is 1340. The van der Waals surface area contributed by atoms with E-state index in [-0.39, 0.29) is 11.0 Å². The summed E-state index contributed by atoms with van der Waals surface area (Å²) < 4.78 is 39.4. The smallest absolute Gasteiger partial charge is 0.417 e. The summed E-state index contributed by atoms with van der Waals surface area (Å²) in [4.78, 5) is 13.9. The number of benzene rings is 3. The van der Waals surface area contributed by atoms with Crippen molar-refractivity contribution in [2.45, 2.75) is 24.8 Å². The molecule has 3 aromatic carbocycles. The van der Waals surface area contributed by atoms with E-state index in [0.29, 0.717) is 33.3 Å². The van der Waals surface area contributed by atoms with Gasteiger partial charge in [-0.15, -0.1) is 0 Å². The molecule has 0 bridgehead atoms. The summed E-state index contributed by atoms with van der Waals surface area (Å²) in [6.45, 7) is 3.83. The molecule has 0 amide bonds. The van der Waals surface area contributed by atoms with E-state index >= 15 is 0 Å². The Kier molecular flexibility index (Phi) is 4.35. The van der Waals surface area contributed by atoms with Crippen LogP contribution in [0.15, 0.2) is 68.7 Å². The highest BCUT2D eigenvalue weighted by Gasteiger charge is 2.20. The fraction of sp³-hybridized carbons (Fsp3) is 0.150. The highest BCUT2D eigenvalue weighted by atomic mass is 32.2. The van der Waals surface area contributed by atoms with Crippen molar-refractivity contribution in [2.24, 2.45) is 0 Å². The van der Waals surface area contributed by atoms with Gasteiger partial charge in [0.1, 0.15) is 5.75 Å². The number of nitrogens with one attached hydrogen (secondary N) is 2. The van der Waals surface area contributed by atoms with Gasteiger partial charge in [-0.3, -0.25) is 9.71 Å². The Morgan fingerprint density at radius 2 is 1.79 bits per heavy atom. The van der Waals surface area contributed by atoms with Crippen LogP contribution in [-0.4, -0.2) is 19.5 Å². The zero-order chi connectivity index (χ0) is 19.9. The Labute approximate surface area is 161 Å². The molecule has 0 atom stereocenters. The summed E-state index contributed by atoms with van der Waals surface area (Å²) in [6.07, 6.45) is -0.0344. The molecule has 0 saturated heterocycles. The van der Waals surface area contributed by atoms with Crippen molar-refractivity contribution in [3.63, 3.8) is 0 Å². The van der Waals surface area contributed by atoms with Gasteiger partial charge in [-0.05, 0) is 44.2 Å². The van der Waals surface area contributed by atoms with Crippen LogP contribution in [0, 0.1) is 0 Å². The number of fused-ring (bicyclic) bond motifs is 2. The molecule has 4 rings (SSSR count).